The van der Waals surface area contributed by atoms with Crippen molar-refractivity contribution in [1.29, 1.82) is 0 Å². The second kappa shape index (κ2) is 8.82. The molecule has 1 N–H and O–H groups in total. The van der Waals surface area contributed by atoms with Crippen LogP contribution in [0.25, 0.3) is 17.0 Å². The number of hydrogen-bond acceptors (Lipinski definition) is 7. The number of amides is 1. The van der Waals surface area contributed by atoms with Gasteiger partial charge in [-0.25, -0.2) is 9.50 Å². The molecule has 0 bridgehead atoms. The Morgan fingerprint density at radius 3 is 2.84 bits per heavy atom. The number of aromatic nitrogens is 6. The summed E-state index contributed by atoms with van der Waals surface area (Å²) < 4.78 is 13.9. The average molecular weight is 421 g/mol. The van der Waals surface area contributed by atoms with E-state index in [-0.39, 0.29) is 5.91 Å². The molecular weight excluding hydrogens is 398 g/mol. The lowest BCUT2D eigenvalue weighted by Crippen LogP contribution is -2.26. The van der Waals surface area contributed by atoms with Crippen molar-refractivity contribution in [3.8, 4) is 22.8 Å². The summed E-state index contributed by atoms with van der Waals surface area (Å²) in [6, 6.07) is 7.21. The van der Waals surface area contributed by atoms with Gasteiger partial charge in [-0.1, -0.05) is 0 Å². The summed E-state index contributed by atoms with van der Waals surface area (Å²) in [5.41, 5.74) is 2.88. The zero-order chi connectivity index (χ0) is 21.8. The van der Waals surface area contributed by atoms with Crippen molar-refractivity contribution in [3.05, 3.63) is 54.2 Å². The lowest BCUT2D eigenvalue weighted by Gasteiger charge is -2.08. The van der Waals surface area contributed by atoms with E-state index < -0.39 is 0 Å². The molecule has 1 aromatic carbocycles. The quantitative estimate of drug-likeness (QED) is 0.433. The Balaban J connectivity index is 1.39. The van der Waals surface area contributed by atoms with E-state index in [0.717, 1.165) is 24.0 Å². The highest BCUT2D eigenvalue weighted by molar-refractivity contribution is 5.93. The molecule has 4 rings (SSSR count). The van der Waals surface area contributed by atoms with Crippen molar-refractivity contribution in [2.75, 3.05) is 20.8 Å². The topological polar surface area (TPSA) is 108 Å². The highest BCUT2D eigenvalue weighted by Gasteiger charge is 2.17. The maximum atomic E-state index is 12.7. The van der Waals surface area contributed by atoms with Gasteiger partial charge in [-0.15, -0.1) is 0 Å². The molecule has 0 saturated carbocycles. The summed E-state index contributed by atoms with van der Waals surface area (Å²) in [5.74, 6) is 1.72. The van der Waals surface area contributed by atoms with E-state index in [1.165, 1.54) is 6.33 Å². The molecule has 0 fully saturated rings. The number of nitrogens with zero attached hydrogens (tertiary/aromatic N) is 6. The number of ether oxygens (including phenoxy) is 2. The average Bonchev–Trinajstić information content (AvgIpc) is 3.42. The molecule has 0 aliphatic rings. The second-order valence-electron chi connectivity index (χ2n) is 6.93. The fraction of sp³-hybridized carbons (Fsp3) is 0.286. The van der Waals surface area contributed by atoms with Crippen molar-refractivity contribution >= 4 is 11.7 Å². The number of nitrogens with one attached hydrogen (secondary N) is 1. The number of methoxy groups -OCH3 is 2. The fourth-order valence-corrected chi connectivity index (χ4v) is 3.30. The zero-order valence-electron chi connectivity index (χ0n) is 17.6. The van der Waals surface area contributed by atoms with Crippen LogP contribution in [0, 0.1) is 0 Å². The number of benzene rings is 1. The second-order valence-corrected chi connectivity index (χ2v) is 6.93. The Morgan fingerprint density at radius 1 is 1.16 bits per heavy atom. The summed E-state index contributed by atoms with van der Waals surface area (Å²) in [5, 5.41) is 11.5. The third-order valence-electron chi connectivity index (χ3n) is 4.91. The smallest absolute Gasteiger partial charge is 0.269 e. The molecular formula is C21H23N7O3. The SMILES string of the molecule is COc1ccc(OC)c(-c2cc(C(=O)NCCCc3cnc4ncnn4c3)n(C)n2)c1. The normalized spacial score (nSPS) is 10.9. The van der Waals surface area contributed by atoms with E-state index in [4.69, 9.17) is 9.47 Å². The van der Waals surface area contributed by atoms with Crippen LogP contribution in [0.4, 0.5) is 0 Å². The van der Waals surface area contributed by atoms with Crippen LogP contribution in [-0.4, -0.2) is 56.0 Å². The standard InChI is InChI=1S/C21H23N7O3/c1-27-18(10-17(26-27)16-9-15(30-2)6-7-19(16)31-3)20(29)22-8-4-5-14-11-23-21-24-13-25-28(21)12-14/h6-7,9-13H,4-5,8H2,1-3H3,(H,22,29). The molecule has 0 radical (unpaired) electrons. The maximum absolute atomic E-state index is 12.7. The van der Waals surface area contributed by atoms with E-state index in [1.54, 1.807) is 42.7 Å². The van der Waals surface area contributed by atoms with Gasteiger partial charge in [0.1, 0.15) is 23.5 Å². The molecule has 3 heterocycles. The van der Waals surface area contributed by atoms with E-state index >= 15 is 0 Å². The minimum absolute atomic E-state index is 0.187. The van der Waals surface area contributed by atoms with Gasteiger partial charge in [0.05, 0.1) is 19.9 Å². The molecule has 3 aromatic heterocycles. The predicted molar refractivity (Wildman–Crippen MR) is 113 cm³/mol. The van der Waals surface area contributed by atoms with Crippen molar-refractivity contribution in [2.24, 2.45) is 7.05 Å². The van der Waals surface area contributed by atoms with Gasteiger partial charge in [0, 0.05) is 31.5 Å². The van der Waals surface area contributed by atoms with Crippen LogP contribution in [0.5, 0.6) is 11.5 Å². The van der Waals surface area contributed by atoms with Crippen molar-refractivity contribution in [3.63, 3.8) is 0 Å². The Labute approximate surface area is 178 Å². The van der Waals surface area contributed by atoms with Gasteiger partial charge in [0.2, 0.25) is 0 Å². The van der Waals surface area contributed by atoms with Crippen LogP contribution < -0.4 is 14.8 Å². The van der Waals surface area contributed by atoms with E-state index in [9.17, 15) is 4.79 Å². The van der Waals surface area contributed by atoms with Crippen molar-refractivity contribution < 1.29 is 14.3 Å². The first-order valence-corrected chi connectivity index (χ1v) is 9.78. The Kier molecular flexibility index (Phi) is 5.78. The van der Waals surface area contributed by atoms with Crippen LogP contribution in [0.3, 0.4) is 0 Å². The molecule has 0 aliphatic carbocycles. The minimum Gasteiger partial charge on any atom is -0.497 e. The van der Waals surface area contributed by atoms with Crippen LogP contribution in [0.15, 0.2) is 43.0 Å². The Hall–Kier alpha value is -3.95. The molecule has 0 unspecified atom stereocenters. The van der Waals surface area contributed by atoms with E-state index in [1.807, 2.05) is 24.4 Å². The fourth-order valence-electron chi connectivity index (χ4n) is 3.30. The first-order valence-electron chi connectivity index (χ1n) is 9.78. The molecule has 0 spiro atoms. The van der Waals surface area contributed by atoms with E-state index in [2.05, 4.69) is 25.5 Å². The monoisotopic (exact) mass is 421 g/mol. The van der Waals surface area contributed by atoms with Gasteiger partial charge in [0.25, 0.3) is 11.7 Å². The molecule has 0 saturated heterocycles. The molecule has 10 nitrogen and oxygen atoms in total. The van der Waals surface area contributed by atoms with E-state index in [0.29, 0.717) is 35.2 Å². The minimum atomic E-state index is -0.187. The summed E-state index contributed by atoms with van der Waals surface area (Å²) in [6.07, 6.45) is 6.67. The maximum Gasteiger partial charge on any atom is 0.269 e. The summed E-state index contributed by atoms with van der Waals surface area (Å²) in [6.45, 7) is 0.525. The number of fused-ring (bicyclic) bond motifs is 1. The van der Waals surface area contributed by atoms with Gasteiger partial charge < -0.3 is 14.8 Å². The van der Waals surface area contributed by atoms with Crippen LogP contribution in [-0.2, 0) is 13.5 Å². The van der Waals surface area contributed by atoms with Crippen LogP contribution in [0.2, 0.25) is 0 Å². The molecule has 160 valence electrons. The Bertz CT molecular complexity index is 1210. The largest absolute Gasteiger partial charge is 0.497 e. The lowest BCUT2D eigenvalue weighted by molar-refractivity contribution is 0.0944. The van der Waals surface area contributed by atoms with Crippen molar-refractivity contribution in [2.45, 2.75) is 12.8 Å². The third kappa shape index (κ3) is 4.32. The first kappa shape index (κ1) is 20.3. The van der Waals surface area contributed by atoms with Gasteiger partial charge in [-0.3, -0.25) is 9.48 Å². The summed E-state index contributed by atoms with van der Waals surface area (Å²) in [7, 11) is 4.94. The lowest BCUT2D eigenvalue weighted by atomic mass is 10.1. The summed E-state index contributed by atoms with van der Waals surface area (Å²) in [4.78, 5) is 20.9. The molecule has 0 aliphatic heterocycles. The number of aryl methyl sites for hydroxylation is 2. The first-order chi connectivity index (χ1) is 15.1. The molecule has 10 heteroatoms. The highest BCUT2D eigenvalue weighted by Crippen LogP contribution is 2.32. The highest BCUT2D eigenvalue weighted by atomic mass is 16.5. The number of carbonyl (C=O) groups excluding carboxylic acids is 1. The molecule has 1 amide bonds. The van der Waals surface area contributed by atoms with Gasteiger partial charge >= 0.3 is 0 Å². The number of hydrogen-bond donors (Lipinski definition) is 1. The molecule has 0 atom stereocenters. The van der Waals surface area contributed by atoms with Crippen molar-refractivity contribution in [1.82, 2.24) is 34.7 Å². The Morgan fingerprint density at radius 2 is 2.03 bits per heavy atom. The number of carbonyl (C=O) groups is 1. The molecule has 4 aromatic rings. The summed E-state index contributed by atoms with van der Waals surface area (Å²) >= 11 is 0. The molecule has 31 heavy (non-hydrogen) atoms. The van der Waals surface area contributed by atoms with Crippen LogP contribution >= 0.6 is 0 Å². The van der Waals surface area contributed by atoms with Gasteiger partial charge in [-0.05, 0) is 42.7 Å². The van der Waals surface area contributed by atoms with Gasteiger partial charge in [0.15, 0.2) is 0 Å². The van der Waals surface area contributed by atoms with Gasteiger partial charge in [-0.2, -0.15) is 15.2 Å². The zero-order valence-corrected chi connectivity index (χ0v) is 17.6. The van der Waals surface area contributed by atoms with Crippen LogP contribution in [0.1, 0.15) is 22.5 Å². The predicted octanol–water partition coefficient (Wildman–Crippen LogP) is 1.90. The third-order valence-corrected chi connectivity index (χ3v) is 4.91. The number of rotatable bonds is 8.